The first-order valence-corrected chi connectivity index (χ1v) is 11.0. The van der Waals surface area contributed by atoms with E-state index in [4.69, 9.17) is 17.0 Å². The maximum atomic E-state index is 12.7. The molecule has 1 fully saturated rings. The number of rotatable bonds is 5. The van der Waals surface area contributed by atoms with Crippen LogP contribution in [0.5, 0.6) is 0 Å². The molecule has 1 amide bonds. The van der Waals surface area contributed by atoms with Crippen LogP contribution in [0.3, 0.4) is 0 Å². The minimum atomic E-state index is -0.0489. The fourth-order valence-corrected chi connectivity index (χ4v) is 4.93. The maximum Gasteiger partial charge on any atom is 0.266 e. The van der Waals surface area contributed by atoms with Crippen molar-refractivity contribution in [3.8, 4) is 5.69 Å². The second-order valence-corrected chi connectivity index (χ2v) is 9.35. The molecule has 0 bridgehead atoms. The Bertz CT molecular complexity index is 972. The number of hydrogen-bond acceptors (Lipinski definition) is 4. The van der Waals surface area contributed by atoms with Gasteiger partial charge in [0.2, 0.25) is 0 Å². The molecule has 1 aliphatic heterocycles. The summed E-state index contributed by atoms with van der Waals surface area (Å²) in [4.78, 5) is 15.0. The molecule has 2 aromatic rings. The summed E-state index contributed by atoms with van der Waals surface area (Å²) in [5, 5.41) is 0. The monoisotopic (exact) mass is 478 g/mol. The van der Waals surface area contributed by atoms with Gasteiger partial charge in [-0.2, -0.15) is 0 Å². The number of thiocarbonyl (C=S) groups is 1. The quantitative estimate of drug-likeness (QED) is 0.430. The van der Waals surface area contributed by atoms with E-state index in [2.05, 4.69) is 66.4 Å². The summed E-state index contributed by atoms with van der Waals surface area (Å²) < 4.78 is 9.03. The lowest BCUT2D eigenvalue weighted by molar-refractivity contribution is -0.122. The van der Waals surface area contributed by atoms with Gasteiger partial charge < -0.3 is 9.30 Å². The van der Waals surface area contributed by atoms with E-state index in [0.717, 1.165) is 27.1 Å². The van der Waals surface area contributed by atoms with Crippen molar-refractivity contribution in [2.75, 3.05) is 20.3 Å². The van der Waals surface area contributed by atoms with Crippen LogP contribution in [0.1, 0.15) is 28.1 Å². The first kappa shape index (κ1) is 21.3. The number of nitrogens with zero attached hydrogens (tertiary/aromatic N) is 2. The van der Waals surface area contributed by atoms with E-state index in [1.807, 2.05) is 6.08 Å². The lowest BCUT2D eigenvalue weighted by Crippen LogP contribution is -2.31. The van der Waals surface area contributed by atoms with Crippen molar-refractivity contribution in [3.63, 3.8) is 0 Å². The van der Waals surface area contributed by atoms with Crippen molar-refractivity contribution in [2.45, 2.75) is 27.7 Å². The van der Waals surface area contributed by atoms with Crippen molar-refractivity contribution in [1.29, 1.82) is 0 Å². The fourth-order valence-electron chi connectivity index (χ4n) is 3.40. The van der Waals surface area contributed by atoms with Gasteiger partial charge in [-0.05, 0) is 68.7 Å². The molecule has 1 aliphatic rings. The Morgan fingerprint density at radius 2 is 1.82 bits per heavy atom. The van der Waals surface area contributed by atoms with Crippen LogP contribution >= 0.6 is 39.9 Å². The SMILES string of the molecule is COCCN1C(=O)/C(=C/c2cc(C)n(-c3cc(C)c(Br)c(C)c3)c2C)SC1=S. The highest BCUT2D eigenvalue weighted by Crippen LogP contribution is 2.34. The first-order valence-electron chi connectivity index (χ1n) is 8.95. The predicted octanol–water partition coefficient (Wildman–Crippen LogP) is 5.32. The predicted molar refractivity (Wildman–Crippen MR) is 124 cm³/mol. The minimum Gasteiger partial charge on any atom is -0.383 e. The van der Waals surface area contributed by atoms with Crippen molar-refractivity contribution < 1.29 is 9.53 Å². The van der Waals surface area contributed by atoms with Gasteiger partial charge in [0.05, 0.1) is 18.1 Å². The molecule has 7 heteroatoms. The van der Waals surface area contributed by atoms with Crippen molar-refractivity contribution in [2.24, 2.45) is 0 Å². The minimum absolute atomic E-state index is 0.0489. The molecule has 1 aromatic heterocycles. The summed E-state index contributed by atoms with van der Waals surface area (Å²) in [6.45, 7) is 9.31. The Morgan fingerprint density at radius 1 is 1.18 bits per heavy atom. The Morgan fingerprint density at radius 3 is 2.43 bits per heavy atom. The van der Waals surface area contributed by atoms with E-state index in [1.54, 1.807) is 12.0 Å². The average molecular weight is 479 g/mol. The van der Waals surface area contributed by atoms with Crippen molar-refractivity contribution >= 4 is 56.2 Å². The molecule has 1 saturated heterocycles. The van der Waals surface area contributed by atoms with E-state index >= 15 is 0 Å². The van der Waals surface area contributed by atoms with Gasteiger partial charge in [0.1, 0.15) is 4.32 Å². The number of amides is 1. The van der Waals surface area contributed by atoms with Crippen LogP contribution in [0, 0.1) is 27.7 Å². The third-order valence-corrected chi connectivity index (χ3v) is 7.46. The van der Waals surface area contributed by atoms with Crippen LogP contribution in [0.15, 0.2) is 27.6 Å². The molecule has 4 nitrogen and oxygen atoms in total. The molecule has 0 unspecified atom stereocenters. The normalized spacial score (nSPS) is 15.9. The standard InChI is InChI=1S/C21H23BrN2O2S2/c1-12-8-17(9-13(2)19(12)22)24-14(3)10-16(15(24)4)11-18-20(25)23(6-7-26-5)21(27)28-18/h8-11H,6-7H2,1-5H3/b18-11-. The number of ether oxygens (including phenoxy) is 1. The summed E-state index contributed by atoms with van der Waals surface area (Å²) in [7, 11) is 1.62. The topological polar surface area (TPSA) is 34.5 Å². The Kier molecular flexibility index (Phi) is 6.49. The number of methoxy groups -OCH3 is 1. The van der Waals surface area contributed by atoms with E-state index in [0.29, 0.717) is 22.4 Å². The van der Waals surface area contributed by atoms with Crippen LogP contribution in [-0.2, 0) is 9.53 Å². The third-order valence-electron chi connectivity index (χ3n) is 4.83. The Hall–Kier alpha value is -1.41. The molecule has 28 heavy (non-hydrogen) atoms. The van der Waals surface area contributed by atoms with Crippen LogP contribution < -0.4 is 0 Å². The second kappa shape index (κ2) is 8.53. The third kappa shape index (κ3) is 3.99. The lowest BCUT2D eigenvalue weighted by Gasteiger charge is -2.13. The number of carbonyl (C=O) groups excluding carboxylic acids is 1. The number of aromatic nitrogens is 1. The summed E-state index contributed by atoms with van der Waals surface area (Å²) in [6.07, 6.45) is 1.95. The number of halogens is 1. The molecule has 0 saturated carbocycles. The molecule has 1 aromatic carbocycles. The highest BCUT2D eigenvalue weighted by atomic mass is 79.9. The van der Waals surface area contributed by atoms with Crippen molar-refractivity contribution in [1.82, 2.24) is 9.47 Å². The number of carbonyl (C=O) groups is 1. The van der Waals surface area contributed by atoms with Gasteiger partial charge in [0, 0.05) is 28.7 Å². The van der Waals surface area contributed by atoms with Crippen LogP contribution in [0.25, 0.3) is 11.8 Å². The van der Waals surface area contributed by atoms with Gasteiger partial charge in [0.25, 0.3) is 5.91 Å². The van der Waals surface area contributed by atoms with E-state index in [9.17, 15) is 4.79 Å². The summed E-state index contributed by atoms with van der Waals surface area (Å²) in [6, 6.07) is 6.46. The Balaban J connectivity index is 1.98. The van der Waals surface area contributed by atoms with Gasteiger partial charge in [-0.3, -0.25) is 9.69 Å². The van der Waals surface area contributed by atoms with Gasteiger partial charge in [-0.15, -0.1) is 0 Å². The molecule has 3 rings (SSSR count). The molecule has 0 radical (unpaired) electrons. The molecule has 0 aliphatic carbocycles. The zero-order valence-electron chi connectivity index (χ0n) is 16.6. The number of thioether (sulfide) groups is 1. The number of benzene rings is 1. The second-order valence-electron chi connectivity index (χ2n) is 6.88. The van der Waals surface area contributed by atoms with Gasteiger partial charge in [0.15, 0.2) is 0 Å². The zero-order valence-corrected chi connectivity index (χ0v) is 19.8. The number of aryl methyl sites for hydroxylation is 3. The van der Waals surface area contributed by atoms with Crippen molar-refractivity contribution in [3.05, 3.63) is 55.7 Å². The molecule has 0 N–H and O–H groups in total. The highest BCUT2D eigenvalue weighted by molar-refractivity contribution is 9.10. The maximum absolute atomic E-state index is 12.7. The van der Waals surface area contributed by atoms with E-state index < -0.39 is 0 Å². The Labute approximate surface area is 184 Å². The molecular weight excluding hydrogens is 456 g/mol. The molecular formula is C21H23BrN2O2S2. The average Bonchev–Trinajstić information content (AvgIpc) is 3.06. The van der Waals surface area contributed by atoms with E-state index in [1.165, 1.54) is 22.9 Å². The molecule has 148 valence electrons. The van der Waals surface area contributed by atoms with Crippen LogP contribution in [-0.4, -0.2) is 40.0 Å². The van der Waals surface area contributed by atoms with Gasteiger partial charge in [-0.25, -0.2) is 0 Å². The lowest BCUT2D eigenvalue weighted by atomic mass is 10.1. The smallest absolute Gasteiger partial charge is 0.266 e. The zero-order chi connectivity index (χ0) is 20.6. The molecule has 2 heterocycles. The van der Waals surface area contributed by atoms with Gasteiger partial charge in [-0.1, -0.05) is 39.9 Å². The number of hydrogen-bond donors (Lipinski definition) is 0. The highest BCUT2D eigenvalue weighted by Gasteiger charge is 2.31. The van der Waals surface area contributed by atoms with E-state index in [-0.39, 0.29) is 5.91 Å². The molecule has 0 atom stereocenters. The first-order chi connectivity index (χ1) is 13.2. The summed E-state index contributed by atoms with van der Waals surface area (Å²) in [5.74, 6) is -0.0489. The van der Waals surface area contributed by atoms with Crippen LogP contribution in [0.2, 0.25) is 0 Å². The van der Waals surface area contributed by atoms with Crippen LogP contribution in [0.4, 0.5) is 0 Å². The summed E-state index contributed by atoms with van der Waals surface area (Å²) in [5.41, 5.74) is 6.77. The summed E-state index contributed by atoms with van der Waals surface area (Å²) >= 11 is 10.4. The molecule has 0 spiro atoms. The van der Waals surface area contributed by atoms with Gasteiger partial charge >= 0.3 is 0 Å². The largest absolute Gasteiger partial charge is 0.383 e. The fraction of sp³-hybridized carbons (Fsp3) is 0.333.